The molecule has 1 heterocycles. The summed E-state index contributed by atoms with van der Waals surface area (Å²) in [7, 11) is 0. The molecule has 0 atom stereocenters. The van der Waals surface area contributed by atoms with Crippen molar-refractivity contribution in [3.05, 3.63) is 59.3 Å². The number of pyridine rings is 1. The van der Waals surface area contributed by atoms with Crippen LogP contribution in [0.5, 0.6) is 0 Å². The lowest BCUT2D eigenvalue weighted by Gasteiger charge is -1.99. The molecule has 0 saturated heterocycles. The van der Waals surface area contributed by atoms with Crippen molar-refractivity contribution >= 4 is 28.6 Å². The minimum Gasteiger partial charge on any atom is -0.392 e. The first-order valence-electron chi connectivity index (χ1n) is 5.30. The van der Waals surface area contributed by atoms with E-state index < -0.39 is 0 Å². The van der Waals surface area contributed by atoms with Crippen molar-refractivity contribution in [2.24, 2.45) is 0 Å². The summed E-state index contributed by atoms with van der Waals surface area (Å²) in [6, 6.07) is 9.60. The number of halogens is 1. The van der Waals surface area contributed by atoms with Gasteiger partial charge in [0, 0.05) is 10.4 Å². The largest absolute Gasteiger partial charge is 0.392 e. The van der Waals surface area contributed by atoms with Crippen LogP contribution in [0.2, 0.25) is 5.02 Å². The zero-order valence-corrected chi connectivity index (χ0v) is 9.93. The minimum absolute atomic E-state index is 0.0467. The summed E-state index contributed by atoms with van der Waals surface area (Å²) >= 11 is 5.92. The van der Waals surface area contributed by atoms with E-state index in [1.807, 2.05) is 42.5 Å². The van der Waals surface area contributed by atoms with Gasteiger partial charge in [-0.1, -0.05) is 42.0 Å². The number of allylic oxidation sites excluding steroid dienone is 2. The highest BCUT2D eigenvalue weighted by Gasteiger charge is 1.96. The Bertz CT molecular complexity index is 575. The molecule has 1 aromatic carbocycles. The van der Waals surface area contributed by atoms with Gasteiger partial charge in [0.05, 0.1) is 17.8 Å². The molecule has 3 heteroatoms. The summed E-state index contributed by atoms with van der Waals surface area (Å²) in [6.45, 7) is 0.0467. The second-order valence-corrected chi connectivity index (χ2v) is 3.98. The lowest BCUT2D eigenvalue weighted by molar-refractivity contribution is 0.343. The van der Waals surface area contributed by atoms with Crippen molar-refractivity contribution in [3.8, 4) is 0 Å². The van der Waals surface area contributed by atoms with Gasteiger partial charge in [-0.25, -0.2) is 4.98 Å². The highest BCUT2D eigenvalue weighted by molar-refractivity contribution is 6.31. The van der Waals surface area contributed by atoms with Gasteiger partial charge >= 0.3 is 0 Å². The number of aromatic nitrogens is 1. The molecule has 0 aliphatic rings. The first-order chi connectivity index (χ1) is 8.29. The van der Waals surface area contributed by atoms with Gasteiger partial charge in [-0.3, -0.25) is 0 Å². The number of aliphatic hydroxyl groups excluding tert-OH is 1. The third-order valence-electron chi connectivity index (χ3n) is 2.30. The molecule has 2 nitrogen and oxygen atoms in total. The maximum atomic E-state index is 8.58. The maximum absolute atomic E-state index is 8.58. The Morgan fingerprint density at radius 3 is 2.82 bits per heavy atom. The molecule has 0 amide bonds. The van der Waals surface area contributed by atoms with E-state index >= 15 is 0 Å². The molecule has 2 aromatic rings. The first-order valence-corrected chi connectivity index (χ1v) is 5.68. The number of benzene rings is 1. The fraction of sp³-hybridized carbons (Fsp3) is 0.0714. The van der Waals surface area contributed by atoms with E-state index in [0.29, 0.717) is 5.02 Å². The molecule has 0 radical (unpaired) electrons. The van der Waals surface area contributed by atoms with Crippen molar-refractivity contribution in [2.45, 2.75) is 0 Å². The van der Waals surface area contributed by atoms with Crippen LogP contribution in [0, 0.1) is 0 Å². The van der Waals surface area contributed by atoms with Gasteiger partial charge < -0.3 is 5.11 Å². The van der Waals surface area contributed by atoms with Crippen LogP contribution in [0.1, 0.15) is 5.69 Å². The van der Waals surface area contributed by atoms with Gasteiger partial charge in [-0.2, -0.15) is 0 Å². The van der Waals surface area contributed by atoms with Crippen molar-refractivity contribution < 1.29 is 5.11 Å². The summed E-state index contributed by atoms with van der Waals surface area (Å²) in [5.41, 5.74) is 1.74. The highest BCUT2D eigenvalue weighted by atomic mass is 35.5. The molecule has 0 unspecified atom stereocenters. The van der Waals surface area contributed by atoms with E-state index in [1.165, 1.54) is 0 Å². The minimum atomic E-state index is 0.0467. The Morgan fingerprint density at radius 2 is 2.00 bits per heavy atom. The Kier molecular flexibility index (Phi) is 3.91. The Morgan fingerprint density at radius 1 is 1.18 bits per heavy atom. The number of fused-ring (bicyclic) bond motifs is 1. The van der Waals surface area contributed by atoms with Crippen LogP contribution < -0.4 is 0 Å². The molecule has 2 rings (SSSR count). The SMILES string of the molecule is OCC=CC=Cc1ccc2ccc(Cl)cc2n1. The van der Waals surface area contributed by atoms with E-state index in [2.05, 4.69) is 4.98 Å². The van der Waals surface area contributed by atoms with Crippen molar-refractivity contribution in [1.29, 1.82) is 0 Å². The van der Waals surface area contributed by atoms with Crippen molar-refractivity contribution in [2.75, 3.05) is 6.61 Å². The van der Waals surface area contributed by atoms with E-state index in [1.54, 1.807) is 12.2 Å². The highest BCUT2D eigenvalue weighted by Crippen LogP contribution is 2.18. The summed E-state index contributed by atoms with van der Waals surface area (Å²) in [6.07, 6.45) is 7.17. The van der Waals surface area contributed by atoms with E-state index in [9.17, 15) is 0 Å². The third kappa shape index (κ3) is 3.16. The van der Waals surface area contributed by atoms with Crippen LogP contribution in [0.25, 0.3) is 17.0 Å². The zero-order chi connectivity index (χ0) is 12.1. The third-order valence-corrected chi connectivity index (χ3v) is 2.53. The van der Waals surface area contributed by atoms with Gasteiger partial charge in [-0.15, -0.1) is 0 Å². The lowest BCUT2D eigenvalue weighted by atomic mass is 10.2. The van der Waals surface area contributed by atoms with Crippen LogP contribution in [0.15, 0.2) is 48.6 Å². The molecule has 0 saturated carbocycles. The van der Waals surface area contributed by atoms with Crippen LogP contribution in [-0.2, 0) is 0 Å². The molecule has 0 bridgehead atoms. The number of aliphatic hydroxyl groups is 1. The molecule has 1 N–H and O–H groups in total. The predicted octanol–water partition coefficient (Wildman–Crippen LogP) is 3.45. The van der Waals surface area contributed by atoms with Crippen LogP contribution >= 0.6 is 11.6 Å². The van der Waals surface area contributed by atoms with Crippen molar-refractivity contribution in [3.63, 3.8) is 0 Å². The molecule has 0 spiro atoms. The second kappa shape index (κ2) is 5.62. The monoisotopic (exact) mass is 245 g/mol. The average Bonchev–Trinajstić information content (AvgIpc) is 2.34. The Labute approximate surface area is 105 Å². The smallest absolute Gasteiger partial charge is 0.0724 e. The summed E-state index contributed by atoms with van der Waals surface area (Å²) in [5, 5.41) is 10.3. The average molecular weight is 246 g/mol. The summed E-state index contributed by atoms with van der Waals surface area (Å²) in [4.78, 5) is 4.47. The molecule has 0 aliphatic carbocycles. The maximum Gasteiger partial charge on any atom is 0.0724 e. The molecule has 86 valence electrons. The topological polar surface area (TPSA) is 33.1 Å². The van der Waals surface area contributed by atoms with Gasteiger partial charge in [0.25, 0.3) is 0 Å². The van der Waals surface area contributed by atoms with E-state index in [0.717, 1.165) is 16.6 Å². The number of nitrogens with zero attached hydrogens (tertiary/aromatic N) is 1. The van der Waals surface area contributed by atoms with Gasteiger partial charge in [0.15, 0.2) is 0 Å². The predicted molar refractivity (Wildman–Crippen MR) is 72.0 cm³/mol. The summed E-state index contributed by atoms with van der Waals surface area (Å²) in [5.74, 6) is 0. The number of hydrogen-bond acceptors (Lipinski definition) is 2. The second-order valence-electron chi connectivity index (χ2n) is 3.54. The zero-order valence-electron chi connectivity index (χ0n) is 9.18. The fourth-order valence-electron chi connectivity index (χ4n) is 1.49. The van der Waals surface area contributed by atoms with E-state index in [4.69, 9.17) is 16.7 Å². The molecule has 0 fully saturated rings. The van der Waals surface area contributed by atoms with Crippen LogP contribution in [-0.4, -0.2) is 16.7 Å². The fourth-order valence-corrected chi connectivity index (χ4v) is 1.66. The standard InChI is InChI=1S/C14H12ClNO/c15-12-7-5-11-6-8-13(16-14(11)10-12)4-2-1-3-9-17/h1-8,10,17H,9H2. The Hall–Kier alpha value is -1.64. The number of hydrogen-bond donors (Lipinski definition) is 1. The first kappa shape index (κ1) is 11.8. The molecule has 0 aliphatic heterocycles. The van der Waals surface area contributed by atoms with Gasteiger partial charge in [0.2, 0.25) is 0 Å². The molecular formula is C14H12ClNO. The van der Waals surface area contributed by atoms with Crippen LogP contribution in [0.4, 0.5) is 0 Å². The quantitative estimate of drug-likeness (QED) is 0.841. The molecule has 17 heavy (non-hydrogen) atoms. The number of rotatable bonds is 3. The van der Waals surface area contributed by atoms with Crippen molar-refractivity contribution in [1.82, 2.24) is 4.98 Å². The normalized spacial score (nSPS) is 11.9. The molecule has 1 aromatic heterocycles. The lowest BCUT2D eigenvalue weighted by Crippen LogP contribution is -1.82. The van der Waals surface area contributed by atoms with E-state index in [-0.39, 0.29) is 6.61 Å². The van der Waals surface area contributed by atoms with Gasteiger partial charge in [0.1, 0.15) is 0 Å². The van der Waals surface area contributed by atoms with Gasteiger partial charge in [-0.05, 0) is 24.3 Å². The Balaban J connectivity index is 2.30. The van der Waals surface area contributed by atoms with Crippen LogP contribution in [0.3, 0.4) is 0 Å². The molecular weight excluding hydrogens is 234 g/mol. The summed E-state index contributed by atoms with van der Waals surface area (Å²) < 4.78 is 0.